The van der Waals surface area contributed by atoms with Crippen molar-refractivity contribution < 1.29 is 4.42 Å². The van der Waals surface area contributed by atoms with Crippen LogP contribution in [-0.4, -0.2) is 20.7 Å². The number of anilines is 1. The quantitative estimate of drug-likeness (QED) is 0.857. The normalized spacial score (nSPS) is 11.5. The van der Waals surface area contributed by atoms with Crippen molar-refractivity contribution in [2.24, 2.45) is 0 Å². The number of hydrogen-bond donors (Lipinski definition) is 2. The fraction of sp³-hybridized carbons (Fsp3) is 0.462. The summed E-state index contributed by atoms with van der Waals surface area (Å²) in [6.45, 7) is 7.38. The van der Waals surface area contributed by atoms with Crippen LogP contribution in [0.1, 0.15) is 32.4 Å². The summed E-state index contributed by atoms with van der Waals surface area (Å²) >= 11 is 0. The zero-order chi connectivity index (χ0) is 13.7. The van der Waals surface area contributed by atoms with Gasteiger partial charge in [0.25, 0.3) is 0 Å². The second kappa shape index (κ2) is 5.79. The maximum absolute atomic E-state index is 5.48. The second-order valence-corrected chi connectivity index (χ2v) is 5.28. The van der Waals surface area contributed by atoms with Crippen LogP contribution in [0.4, 0.5) is 6.01 Å². The van der Waals surface area contributed by atoms with Crippen LogP contribution < -0.4 is 10.6 Å². The molecule has 2 aromatic rings. The van der Waals surface area contributed by atoms with E-state index < -0.39 is 0 Å². The van der Waals surface area contributed by atoms with Crippen LogP contribution in [0.5, 0.6) is 0 Å². The first-order chi connectivity index (χ1) is 9.03. The smallest absolute Gasteiger partial charge is 0.315 e. The molecule has 0 saturated heterocycles. The van der Waals surface area contributed by atoms with Gasteiger partial charge in [0.15, 0.2) is 0 Å². The zero-order valence-electron chi connectivity index (χ0n) is 11.5. The molecule has 0 saturated carbocycles. The fourth-order valence-corrected chi connectivity index (χ4v) is 1.41. The molecule has 2 aromatic heterocycles. The molecule has 2 N–H and O–H groups in total. The number of rotatable bonds is 5. The predicted octanol–water partition coefficient (Wildman–Crippen LogP) is 1.96. The van der Waals surface area contributed by atoms with Crippen molar-refractivity contribution in [3.63, 3.8) is 0 Å². The van der Waals surface area contributed by atoms with Crippen LogP contribution in [0.15, 0.2) is 28.8 Å². The number of nitrogens with zero attached hydrogens (tertiary/aromatic N) is 3. The molecule has 0 radical (unpaired) electrons. The molecule has 0 amide bonds. The molecule has 0 aliphatic rings. The Bertz CT molecular complexity index is 503. The van der Waals surface area contributed by atoms with Gasteiger partial charge >= 0.3 is 6.01 Å². The predicted molar refractivity (Wildman–Crippen MR) is 72.5 cm³/mol. The van der Waals surface area contributed by atoms with Gasteiger partial charge in [0.2, 0.25) is 5.89 Å². The van der Waals surface area contributed by atoms with Crippen LogP contribution in [0.2, 0.25) is 0 Å². The lowest BCUT2D eigenvalue weighted by molar-refractivity contribution is 0.383. The van der Waals surface area contributed by atoms with Crippen molar-refractivity contribution in [3.05, 3.63) is 36.0 Å². The lowest BCUT2D eigenvalue weighted by atomic mass is 10.1. The van der Waals surface area contributed by atoms with E-state index in [0.29, 0.717) is 25.0 Å². The molecule has 6 nitrogen and oxygen atoms in total. The third-order valence-corrected chi connectivity index (χ3v) is 2.38. The van der Waals surface area contributed by atoms with Crippen molar-refractivity contribution in [1.82, 2.24) is 20.5 Å². The highest BCUT2D eigenvalue weighted by molar-refractivity contribution is 5.19. The fourth-order valence-electron chi connectivity index (χ4n) is 1.41. The number of aromatic nitrogens is 3. The van der Waals surface area contributed by atoms with Gasteiger partial charge in [-0.1, -0.05) is 11.2 Å². The van der Waals surface area contributed by atoms with E-state index in [2.05, 4.69) is 46.6 Å². The zero-order valence-corrected chi connectivity index (χ0v) is 11.5. The van der Waals surface area contributed by atoms with Gasteiger partial charge in [-0.25, -0.2) is 0 Å². The van der Waals surface area contributed by atoms with Gasteiger partial charge in [0.05, 0.1) is 18.8 Å². The highest BCUT2D eigenvalue weighted by Crippen LogP contribution is 2.08. The van der Waals surface area contributed by atoms with Gasteiger partial charge in [-0.3, -0.25) is 4.98 Å². The molecule has 0 aliphatic carbocycles. The summed E-state index contributed by atoms with van der Waals surface area (Å²) in [6.07, 6.45) is 1.75. The standard InChI is InChI=1S/C13H19N5O/c1-13(2,3)16-9-11-17-18-12(19-11)15-8-10-6-4-5-7-14-10/h4-7,16H,8-9H2,1-3H3,(H,15,18). The van der Waals surface area contributed by atoms with E-state index in [4.69, 9.17) is 4.42 Å². The molecule has 0 aliphatic heterocycles. The van der Waals surface area contributed by atoms with Crippen molar-refractivity contribution in [2.45, 2.75) is 39.4 Å². The maximum atomic E-state index is 5.48. The van der Waals surface area contributed by atoms with Crippen LogP contribution in [-0.2, 0) is 13.1 Å². The Balaban J connectivity index is 1.84. The molecular weight excluding hydrogens is 242 g/mol. The highest BCUT2D eigenvalue weighted by atomic mass is 16.4. The summed E-state index contributed by atoms with van der Waals surface area (Å²) < 4.78 is 5.48. The Morgan fingerprint density at radius 3 is 2.68 bits per heavy atom. The maximum Gasteiger partial charge on any atom is 0.315 e. The van der Waals surface area contributed by atoms with Crippen molar-refractivity contribution in [2.75, 3.05) is 5.32 Å². The number of nitrogens with one attached hydrogen (secondary N) is 2. The molecule has 19 heavy (non-hydrogen) atoms. The van der Waals surface area contributed by atoms with E-state index in [9.17, 15) is 0 Å². The summed E-state index contributed by atoms with van der Waals surface area (Å²) in [4.78, 5) is 4.20. The van der Waals surface area contributed by atoms with Gasteiger partial charge in [-0.15, -0.1) is 5.10 Å². The van der Waals surface area contributed by atoms with Crippen molar-refractivity contribution in [3.8, 4) is 0 Å². The molecule has 0 aromatic carbocycles. The summed E-state index contributed by atoms with van der Waals surface area (Å²) in [5.41, 5.74) is 0.950. The second-order valence-electron chi connectivity index (χ2n) is 5.28. The van der Waals surface area contributed by atoms with Gasteiger partial charge < -0.3 is 15.1 Å². The monoisotopic (exact) mass is 261 g/mol. The van der Waals surface area contributed by atoms with E-state index in [1.807, 2.05) is 18.2 Å². The van der Waals surface area contributed by atoms with Crippen molar-refractivity contribution in [1.29, 1.82) is 0 Å². The first-order valence-electron chi connectivity index (χ1n) is 6.24. The lowest BCUT2D eigenvalue weighted by Crippen LogP contribution is -2.35. The van der Waals surface area contributed by atoms with Gasteiger partial charge in [0.1, 0.15) is 0 Å². The number of hydrogen-bond acceptors (Lipinski definition) is 6. The van der Waals surface area contributed by atoms with Crippen LogP contribution in [0, 0.1) is 0 Å². The van der Waals surface area contributed by atoms with E-state index in [1.165, 1.54) is 0 Å². The van der Waals surface area contributed by atoms with E-state index in [0.717, 1.165) is 5.69 Å². The topological polar surface area (TPSA) is 75.9 Å². The minimum absolute atomic E-state index is 0.0238. The van der Waals surface area contributed by atoms with Gasteiger partial charge in [-0.05, 0) is 32.9 Å². The van der Waals surface area contributed by atoms with Crippen molar-refractivity contribution >= 4 is 6.01 Å². The molecule has 0 unspecified atom stereocenters. The van der Waals surface area contributed by atoms with Crippen LogP contribution >= 0.6 is 0 Å². The molecule has 6 heteroatoms. The molecule has 0 spiro atoms. The summed E-state index contributed by atoms with van der Waals surface area (Å²) in [6, 6.07) is 6.17. The molecule has 0 fully saturated rings. The summed E-state index contributed by atoms with van der Waals surface area (Å²) in [5.74, 6) is 0.568. The van der Waals surface area contributed by atoms with Crippen LogP contribution in [0.3, 0.4) is 0 Å². The SMILES string of the molecule is CC(C)(C)NCc1nnc(NCc2ccccn2)o1. The van der Waals surface area contributed by atoms with E-state index >= 15 is 0 Å². The molecule has 102 valence electrons. The van der Waals surface area contributed by atoms with Gasteiger partial charge in [0, 0.05) is 11.7 Å². The largest absolute Gasteiger partial charge is 0.407 e. The Hall–Kier alpha value is -1.95. The Labute approximate surface area is 112 Å². The average molecular weight is 261 g/mol. The summed E-state index contributed by atoms with van der Waals surface area (Å²) in [5, 5.41) is 14.2. The van der Waals surface area contributed by atoms with Crippen LogP contribution in [0.25, 0.3) is 0 Å². The highest BCUT2D eigenvalue weighted by Gasteiger charge is 2.12. The van der Waals surface area contributed by atoms with Gasteiger partial charge in [-0.2, -0.15) is 0 Å². The Kier molecular flexibility index (Phi) is 4.11. The minimum Gasteiger partial charge on any atom is -0.407 e. The first kappa shape index (κ1) is 13.5. The third kappa shape index (κ3) is 4.67. The van der Waals surface area contributed by atoms with E-state index in [-0.39, 0.29) is 5.54 Å². The first-order valence-corrected chi connectivity index (χ1v) is 6.24. The number of pyridine rings is 1. The average Bonchev–Trinajstić information content (AvgIpc) is 2.82. The molecule has 0 atom stereocenters. The third-order valence-electron chi connectivity index (χ3n) is 2.38. The lowest BCUT2D eigenvalue weighted by Gasteiger charge is -2.18. The molecular formula is C13H19N5O. The van der Waals surface area contributed by atoms with E-state index in [1.54, 1.807) is 6.20 Å². The molecule has 2 heterocycles. The Morgan fingerprint density at radius 1 is 1.16 bits per heavy atom. The molecule has 2 rings (SSSR count). The Morgan fingerprint density at radius 2 is 2.00 bits per heavy atom. The summed E-state index contributed by atoms with van der Waals surface area (Å²) in [7, 11) is 0. The molecule has 0 bridgehead atoms. The minimum atomic E-state index is 0.0238.